The van der Waals surface area contributed by atoms with E-state index < -0.39 is 0 Å². The number of rotatable bonds is 7. The zero-order valence-corrected chi connectivity index (χ0v) is 10.9. The van der Waals surface area contributed by atoms with Gasteiger partial charge in [-0.2, -0.15) is 0 Å². The minimum absolute atomic E-state index is 0.310. The van der Waals surface area contributed by atoms with E-state index in [1.54, 1.807) is 0 Å². The van der Waals surface area contributed by atoms with Gasteiger partial charge in [-0.15, -0.1) is 0 Å². The van der Waals surface area contributed by atoms with Crippen LogP contribution in [0.3, 0.4) is 0 Å². The molecule has 2 atom stereocenters. The molecular formula is C13H28N2O. The Kier molecular flexibility index (Phi) is 7.01. The van der Waals surface area contributed by atoms with Gasteiger partial charge < -0.3 is 15.3 Å². The SMILES string of the molecule is CCN(CCCO)C(C)CC1CCCCN1. The number of nitrogens with zero attached hydrogens (tertiary/aromatic N) is 1. The van der Waals surface area contributed by atoms with Gasteiger partial charge in [-0.25, -0.2) is 0 Å². The molecule has 0 bridgehead atoms. The molecule has 0 aromatic carbocycles. The van der Waals surface area contributed by atoms with Crippen LogP contribution in [0.15, 0.2) is 0 Å². The molecule has 1 saturated heterocycles. The highest BCUT2D eigenvalue weighted by Crippen LogP contribution is 2.15. The van der Waals surface area contributed by atoms with Crippen LogP contribution in [-0.2, 0) is 0 Å². The fraction of sp³-hybridized carbons (Fsp3) is 1.00. The van der Waals surface area contributed by atoms with Crippen LogP contribution in [-0.4, -0.2) is 48.3 Å². The highest BCUT2D eigenvalue weighted by Gasteiger charge is 2.19. The van der Waals surface area contributed by atoms with Crippen LogP contribution in [0.5, 0.6) is 0 Å². The summed E-state index contributed by atoms with van der Waals surface area (Å²) < 4.78 is 0. The van der Waals surface area contributed by atoms with Gasteiger partial charge in [0.05, 0.1) is 0 Å². The zero-order valence-electron chi connectivity index (χ0n) is 10.9. The van der Waals surface area contributed by atoms with E-state index in [2.05, 4.69) is 24.1 Å². The Hall–Kier alpha value is -0.120. The summed E-state index contributed by atoms with van der Waals surface area (Å²) in [5.74, 6) is 0. The van der Waals surface area contributed by atoms with Crippen LogP contribution in [0.2, 0.25) is 0 Å². The second-order valence-corrected chi connectivity index (χ2v) is 4.94. The molecule has 1 heterocycles. The molecule has 0 spiro atoms. The van der Waals surface area contributed by atoms with E-state index in [0.29, 0.717) is 18.7 Å². The third-order valence-electron chi connectivity index (χ3n) is 3.67. The quantitative estimate of drug-likeness (QED) is 0.695. The average Bonchev–Trinajstić information content (AvgIpc) is 2.31. The maximum atomic E-state index is 8.87. The summed E-state index contributed by atoms with van der Waals surface area (Å²) in [6, 6.07) is 1.35. The molecule has 0 amide bonds. The number of nitrogens with one attached hydrogen (secondary N) is 1. The third-order valence-corrected chi connectivity index (χ3v) is 3.67. The lowest BCUT2D eigenvalue weighted by atomic mass is 9.98. The van der Waals surface area contributed by atoms with Gasteiger partial charge in [0.2, 0.25) is 0 Å². The predicted octanol–water partition coefficient (Wildman–Crippen LogP) is 1.61. The summed E-state index contributed by atoms with van der Waals surface area (Å²) in [6.45, 7) is 8.15. The lowest BCUT2D eigenvalue weighted by Crippen LogP contribution is -2.42. The molecule has 0 saturated carbocycles. The van der Waals surface area contributed by atoms with Crippen LogP contribution in [0.25, 0.3) is 0 Å². The first-order chi connectivity index (χ1) is 7.77. The third kappa shape index (κ3) is 4.81. The Balaban J connectivity index is 2.26. The lowest BCUT2D eigenvalue weighted by molar-refractivity contribution is 0.169. The molecule has 3 heteroatoms. The van der Waals surface area contributed by atoms with Crippen molar-refractivity contribution in [1.82, 2.24) is 10.2 Å². The van der Waals surface area contributed by atoms with Gasteiger partial charge in [0, 0.05) is 25.2 Å². The van der Waals surface area contributed by atoms with Crippen LogP contribution < -0.4 is 5.32 Å². The summed E-state index contributed by atoms with van der Waals surface area (Å²) in [7, 11) is 0. The first-order valence-electron chi connectivity index (χ1n) is 6.86. The molecule has 2 unspecified atom stereocenters. The predicted molar refractivity (Wildman–Crippen MR) is 68.7 cm³/mol. The van der Waals surface area contributed by atoms with Crippen LogP contribution in [0, 0.1) is 0 Å². The lowest BCUT2D eigenvalue weighted by Gasteiger charge is -2.32. The minimum atomic E-state index is 0.310. The van der Waals surface area contributed by atoms with E-state index in [1.807, 2.05) is 0 Å². The number of hydrogen-bond acceptors (Lipinski definition) is 3. The summed E-state index contributed by atoms with van der Waals surface area (Å²) in [5, 5.41) is 12.5. The molecule has 0 aromatic rings. The van der Waals surface area contributed by atoms with Crippen LogP contribution in [0.4, 0.5) is 0 Å². The maximum absolute atomic E-state index is 8.87. The largest absolute Gasteiger partial charge is 0.396 e. The molecule has 1 aliphatic rings. The van der Waals surface area contributed by atoms with Crippen molar-refractivity contribution in [2.24, 2.45) is 0 Å². The highest BCUT2D eigenvalue weighted by molar-refractivity contribution is 4.78. The molecule has 1 aliphatic heterocycles. The number of aliphatic hydroxyl groups is 1. The van der Waals surface area contributed by atoms with Crippen LogP contribution in [0.1, 0.15) is 46.0 Å². The maximum Gasteiger partial charge on any atom is 0.0443 e. The Morgan fingerprint density at radius 3 is 2.81 bits per heavy atom. The van der Waals surface area contributed by atoms with Crippen molar-refractivity contribution in [3.05, 3.63) is 0 Å². The molecular weight excluding hydrogens is 200 g/mol. The number of hydrogen-bond donors (Lipinski definition) is 2. The molecule has 0 aromatic heterocycles. The van der Waals surface area contributed by atoms with Crippen molar-refractivity contribution in [2.45, 2.75) is 58.0 Å². The molecule has 96 valence electrons. The molecule has 16 heavy (non-hydrogen) atoms. The van der Waals surface area contributed by atoms with Gasteiger partial charge in [0.1, 0.15) is 0 Å². The van der Waals surface area contributed by atoms with Gasteiger partial charge in [-0.05, 0) is 45.7 Å². The summed E-state index contributed by atoms with van der Waals surface area (Å²) >= 11 is 0. The van der Waals surface area contributed by atoms with Crippen molar-refractivity contribution in [3.8, 4) is 0 Å². The Morgan fingerprint density at radius 2 is 2.25 bits per heavy atom. The van der Waals surface area contributed by atoms with Gasteiger partial charge >= 0.3 is 0 Å². The van der Waals surface area contributed by atoms with Gasteiger partial charge in [-0.3, -0.25) is 0 Å². The first kappa shape index (κ1) is 13.9. The fourth-order valence-corrected chi connectivity index (χ4v) is 2.65. The molecule has 2 N–H and O–H groups in total. The molecule has 3 nitrogen and oxygen atoms in total. The Bertz CT molecular complexity index is 169. The van der Waals surface area contributed by atoms with Crippen molar-refractivity contribution in [3.63, 3.8) is 0 Å². The number of aliphatic hydroxyl groups excluding tert-OH is 1. The van der Waals surface area contributed by atoms with E-state index in [4.69, 9.17) is 5.11 Å². The van der Waals surface area contributed by atoms with Gasteiger partial charge in [0.25, 0.3) is 0 Å². The monoisotopic (exact) mass is 228 g/mol. The van der Waals surface area contributed by atoms with Crippen molar-refractivity contribution in [2.75, 3.05) is 26.2 Å². The van der Waals surface area contributed by atoms with E-state index in [1.165, 1.54) is 32.2 Å². The summed E-state index contributed by atoms with van der Waals surface area (Å²) in [5.41, 5.74) is 0. The highest BCUT2D eigenvalue weighted by atomic mass is 16.3. The molecule has 1 rings (SSSR count). The molecule has 0 radical (unpaired) electrons. The van der Waals surface area contributed by atoms with Crippen molar-refractivity contribution < 1.29 is 5.11 Å². The van der Waals surface area contributed by atoms with E-state index in [-0.39, 0.29) is 0 Å². The molecule has 1 fully saturated rings. The van der Waals surface area contributed by atoms with Crippen molar-refractivity contribution >= 4 is 0 Å². The summed E-state index contributed by atoms with van der Waals surface area (Å²) in [6.07, 6.45) is 6.21. The smallest absolute Gasteiger partial charge is 0.0443 e. The van der Waals surface area contributed by atoms with Crippen LogP contribution >= 0.6 is 0 Å². The summed E-state index contributed by atoms with van der Waals surface area (Å²) in [4.78, 5) is 2.48. The normalized spacial score (nSPS) is 23.6. The average molecular weight is 228 g/mol. The second kappa shape index (κ2) is 8.04. The standard InChI is InChI=1S/C13H28N2O/c1-3-15(9-6-10-16)12(2)11-13-7-4-5-8-14-13/h12-14,16H,3-11H2,1-2H3. The second-order valence-electron chi connectivity index (χ2n) is 4.94. The van der Waals surface area contributed by atoms with E-state index >= 15 is 0 Å². The topological polar surface area (TPSA) is 35.5 Å². The van der Waals surface area contributed by atoms with Crippen molar-refractivity contribution in [1.29, 1.82) is 0 Å². The zero-order chi connectivity index (χ0) is 11.8. The van der Waals surface area contributed by atoms with Gasteiger partial charge in [-0.1, -0.05) is 13.3 Å². The number of piperidine rings is 1. The van der Waals surface area contributed by atoms with E-state index in [0.717, 1.165) is 19.5 Å². The molecule has 0 aliphatic carbocycles. The fourth-order valence-electron chi connectivity index (χ4n) is 2.65. The Labute approximate surface area is 100 Å². The van der Waals surface area contributed by atoms with Gasteiger partial charge in [0.15, 0.2) is 0 Å². The Morgan fingerprint density at radius 1 is 1.44 bits per heavy atom. The minimum Gasteiger partial charge on any atom is -0.396 e. The van der Waals surface area contributed by atoms with E-state index in [9.17, 15) is 0 Å². The first-order valence-corrected chi connectivity index (χ1v) is 6.86.